The summed E-state index contributed by atoms with van der Waals surface area (Å²) >= 11 is 6.05. The largest absolute Gasteiger partial charge is 0.479 e. The average Bonchev–Trinajstić information content (AvgIpc) is 3.10. The molecule has 1 aromatic rings. The Morgan fingerprint density at radius 1 is 1.41 bits per heavy atom. The van der Waals surface area contributed by atoms with Gasteiger partial charge in [-0.3, -0.25) is 4.79 Å². The molecule has 22 heavy (non-hydrogen) atoms. The lowest BCUT2D eigenvalue weighted by molar-refractivity contribution is -0.128. The van der Waals surface area contributed by atoms with Crippen molar-refractivity contribution < 1.29 is 14.6 Å². The van der Waals surface area contributed by atoms with Gasteiger partial charge in [0.05, 0.1) is 5.02 Å². The van der Waals surface area contributed by atoms with Crippen LogP contribution >= 0.6 is 11.6 Å². The van der Waals surface area contributed by atoms with E-state index in [0.29, 0.717) is 22.6 Å². The van der Waals surface area contributed by atoms with Gasteiger partial charge in [-0.25, -0.2) is 0 Å². The summed E-state index contributed by atoms with van der Waals surface area (Å²) in [5.41, 5.74) is 0. The summed E-state index contributed by atoms with van der Waals surface area (Å²) in [6.07, 6.45) is 2.83. The van der Waals surface area contributed by atoms with Crippen LogP contribution in [0.25, 0.3) is 0 Å². The Kier molecular flexibility index (Phi) is 4.59. The van der Waals surface area contributed by atoms with E-state index in [1.54, 1.807) is 19.1 Å². The van der Waals surface area contributed by atoms with Gasteiger partial charge in [0.1, 0.15) is 5.75 Å². The van der Waals surface area contributed by atoms with Crippen molar-refractivity contribution >= 4 is 17.5 Å². The highest BCUT2D eigenvalue weighted by atomic mass is 35.5. The van der Waals surface area contributed by atoms with Crippen LogP contribution in [-0.4, -0.2) is 29.8 Å². The van der Waals surface area contributed by atoms with E-state index in [1.807, 2.05) is 12.1 Å². The molecule has 2 aliphatic carbocycles. The molecular weight excluding hydrogens is 302 g/mol. The Bertz CT molecular complexity index is 550. The van der Waals surface area contributed by atoms with Crippen LogP contribution in [0.2, 0.25) is 5.02 Å². The summed E-state index contributed by atoms with van der Waals surface area (Å²) in [5.74, 6) is 1.61. The molecule has 1 aromatic carbocycles. The number of hydrogen-bond donors (Lipinski definition) is 2. The number of aliphatic hydroxyl groups is 1. The number of halogens is 1. The Morgan fingerprint density at radius 2 is 2.14 bits per heavy atom. The third kappa shape index (κ3) is 2.95. The van der Waals surface area contributed by atoms with Crippen molar-refractivity contribution in [1.82, 2.24) is 5.32 Å². The van der Waals surface area contributed by atoms with Gasteiger partial charge >= 0.3 is 0 Å². The van der Waals surface area contributed by atoms with Crippen molar-refractivity contribution in [3.05, 3.63) is 29.3 Å². The van der Waals surface area contributed by atoms with Crippen molar-refractivity contribution in [2.45, 2.75) is 38.3 Å². The first-order chi connectivity index (χ1) is 10.6. The summed E-state index contributed by atoms with van der Waals surface area (Å²) in [6.45, 7) is 1.87. The Morgan fingerprint density at radius 3 is 2.86 bits per heavy atom. The number of benzene rings is 1. The molecule has 2 aliphatic rings. The highest BCUT2D eigenvalue weighted by molar-refractivity contribution is 6.32. The van der Waals surface area contributed by atoms with Gasteiger partial charge in [-0.15, -0.1) is 0 Å². The van der Waals surface area contributed by atoms with Gasteiger partial charge in [-0.2, -0.15) is 0 Å². The predicted molar refractivity (Wildman–Crippen MR) is 84.9 cm³/mol. The molecule has 0 spiro atoms. The minimum atomic E-state index is -0.613. The molecule has 5 atom stereocenters. The van der Waals surface area contributed by atoms with Crippen LogP contribution in [0.3, 0.4) is 0 Å². The molecule has 1 amide bonds. The zero-order valence-corrected chi connectivity index (χ0v) is 13.4. The van der Waals surface area contributed by atoms with E-state index in [-0.39, 0.29) is 24.5 Å². The minimum Gasteiger partial charge on any atom is -0.479 e. The molecule has 3 rings (SSSR count). The molecule has 0 heterocycles. The second-order valence-corrected chi connectivity index (χ2v) is 6.81. The van der Waals surface area contributed by atoms with Gasteiger partial charge in [0.2, 0.25) is 0 Å². The monoisotopic (exact) mass is 323 g/mol. The summed E-state index contributed by atoms with van der Waals surface area (Å²) in [4.78, 5) is 12.4. The van der Waals surface area contributed by atoms with E-state index >= 15 is 0 Å². The number of aliphatic hydroxyl groups excluding tert-OH is 1. The van der Waals surface area contributed by atoms with Gasteiger partial charge in [-0.1, -0.05) is 23.7 Å². The molecule has 2 bridgehead atoms. The average molecular weight is 324 g/mol. The van der Waals surface area contributed by atoms with E-state index in [1.165, 1.54) is 6.42 Å². The fourth-order valence-electron chi connectivity index (χ4n) is 3.96. The first-order valence-corrected chi connectivity index (χ1v) is 8.30. The standard InChI is InChI=1S/C17H22ClNO3/c1-10(22-15-5-3-2-4-14(15)18)17(21)19-16-12-7-6-11(8-12)13(16)9-20/h2-5,10-13,16,20H,6-9H2,1H3,(H,19,21). The molecule has 5 unspecified atom stereocenters. The molecule has 2 fully saturated rings. The quantitative estimate of drug-likeness (QED) is 0.875. The van der Waals surface area contributed by atoms with Gasteiger partial charge in [0.25, 0.3) is 5.91 Å². The number of nitrogens with one attached hydrogen (secondary N) is 1. The molecule has 2 N–H and O–H groups in total. The summed E-state index contributed by atoms with van der Waals surface area (Å²) in [5, 5.41) is 13.2. The maximum atomic E-state index is 12.4. The Balaban J connectivity index is 1.61. The number of ether oxygens (including phenoxy) is 1. The first kappa shape index (κ1) is 15.6. The molecule has 5 heteroatoms. The first-order valence-electron chi connectivity index (χ1n) is 7.92. The van der Waals surface area contributed by atoms with Gasteiger partial charge in [0.15, 0.2) is 6.10 Å². The van der Waals surface area contributed by atoms with Crippen LogP contribution in [0.4, 0.5) is 0 Å². The smallest absolute Gasteiger partial charge is 0.261 e. The number of rotatable bonds is 5. The lowest BCUT2D eigenvalue weighted by atomic mass is 9.85. The third-order valence-corrected chi connectivity index (χ3v) is 5.43. The number of carbonyl (C=O) groups is 1. The number of amides is 1. The minimum absolute atomic E-state index is 0.0774. The van der Waals surface area contributed by atoms with E-state index in [9.17, 15) is 9.90 Å². The van der Waals surface area contributed by atoms with Crippen molar-refractivity contribution in [3.63, 3.8) is 0 Å². The molecule has 0 saturated heterocycles. The summed E-state index contributed by atoms with van der Waals surface area (Å²) in [7, 11) is 0. The van der Waals surface area contributed by atoms with Crippen molar-refractivity contribution in [1.29, 1.82) is 0 Å². The highest BCUT2D eigenvalue weighted by Crippen LogP contribution is 2.48. The number of carbonyl (C=O) groups excluding carboxylic acids is 1. The third-order valence-electron chi connectivity index (χ3n) is 5.12. The second kappa shape index (κ2) is 6.47. The topological polar surface area (TPSA) is 58.6 Å². The maximum Gasteiger partial charge on any atom is 0.261 e. The van der Waals surface area contributed by atoms with Gasteiger partial charge in [0, 0.05) is 18.6 Å². The SMILES string of the molecule is CC(Oc1ccccc1Cl)C(=O)NC1C2CCC(C2)C1CO. The summed E-state index contributed by atoms with van der Waals surface area (Å²) < 4.78 is 5.66. The van der Waals surface area contributed by atoms with Crippen LogP contribution in [-0.2, 0) is 4.79 Å². The van der Waals surface area contributed by atoms with E-state index in [0.717, 1.165) is 12.8 Å². The van der Waals surface area contributed by atoms with Gasteiger partial charge in [-0.05, 0) is 50.2 Å². The number of para-hydroxylation sites is 1. The fraction of sp³-hybridized carbons (Fsp3) is 0.588. The highest BCUT2D eigenvalue weighted by Gasteiger charge is 2.48. The van der Waals surface area contributed by atoms with Crippen molar-refractivity contribution in [2.75, 3.05) is 6.61 Å². The predicted octanol–water partition coefficient (Wildman–Crippen LogP) is 2.63. The van der Waals surface area contributed by atoms with Crippen molar-refractivity contribution in [3.8, 4) is 5.75 Å². The Labute approximate surface area is 135 Å². The lowest BCUT2D eigenvalue weighted by Crippen LogP contribution is -2.49. The maximum absolute atomic E-state index is 12.4. The molecular formula is C17H22ClNO3. The van der Waals surface area contributed by atoms with E-state index < -0.39 is 6.10 Å². The molecule has 4 nitrogen and oxygen atoms in total. The van der Waals surface area contributed by atoms with Gasteiger partial charge < -0.3 is 15.2 Å². The van der Waals surface area contributed by atoms with Crippen LogP contribution in [0.1, 0.15) is 26.2 Å². The lowest BCUT2D eigenvalue weighted by Gasteiger charge is -2.31. The summed E-state index contributed by atoms with van der Waals surface area (Å²) in [6, 6.07) is 7.21. The van der Waals surface area contributed by atoms with E-state index in [4.69, 9.17) is 16.3 Å². The van der Waals surface area contributed by atoms with Crippen LogP contribution in [0.15, 0.2) is 24.3 Å². The Hall–Kier alpha value is -1.26. The second-order valence-electron chi connectivity index (χ2n) is 6.40. The van der Waals surface area contributed by atoms with Crippen LogP contribution < -0.4 is 10.1 Å². The normalized spacial score (nSPS) is 31.0. The van der Waals surface area contributed by atoms with Crippen molar-refractivity contribution in [2.24, 2.45) is 17.8 Å². The molecule has 0 aromatic heterocycles. The van der Waals surface area contributed by atoms with Crippen LogP contribution in [0.5, 0.6) is 5.75 Å². The number of hydrogen-bond acceptors (Lipinski definition) is 3. The zero-order chi connectivity index (χ0) is 15.7. The fourth-order valence-corrected chi connectivity index (χ4v) is 4.14. The molecule has 0 aliphatic heterocycles. The van der Waals surface area contributed by atoms with E-state index in [2.05, 4.69) is 5.32 Å². The molecule has 120 valence electrons. The number of fused-ring (bicyclic) bond motifs is 2. The van der Waals surface area contributed by atoms with Crippen LogP contribution in [0, 0.1) is 17.8 Å². The molecule has 0 radical (unpaired) electrons. The zero-order valence-electron chi connectivity index (χ0n) is 12.7. The molecule has 2 saturated carbocycles.